The zero-order valence-electron chi connectivity index (χ0n) is 17.6. The fraction of sp³-hybridized carbons (Fsp3) is 0.500. The number of amidine groups is 1. The molecule has 1 aromatic rings. The molecule has 0 aromatic heterocycles. The molecule has 31 heavy (non-hydrogen) atoms. The number of hydrogen-bond acceptors (Lipinski definition) is 5. The van der Waals surface area contributed by atoms with Crippen LogP contribution in [-0.2, 0) is 4.79 Å². The number of carbonyl (C=O) groups excluding carboxylic acids is 2. The molecule has 0 radical (unpaired) electrons. The lowest BCUT2D eigenvalue weighted by molar-refractivity contribution is -0.500. The average molecular weight is 491 g/mol. The van der Waals surface area contributed by atoms with Crippen LogP contribution >= 0.6 is 36.4 Å². The van der Waals surface area contributed by atoms with E-state index in [0.29, 0.717) is 12.4 Å². The van der Waals surface area contributed by atoms with Crippen molar-refractivity contribution in [2.75, 3.05) is 58.3 Å². The van der Waals surface area contributed by atoms with Gasteiger partial charge in [-0.05, 0) is 30.1 Å². The van der Waals surface area contributed by atoms with E-state index in [9.17, 15) is 9.59 Å². The number of nitrogens with zero attached hydrogens (tertiary/aromatic N) is 6. The number of aliphatic imine (C=N–C) groups is 1. The molecule has 2 fully saturated rings. The van der Waals surface area contributed by atoms with E-state index < -0.39 is 6.04 Å². The van der Waals surface area contributed by atoms with Crippen LogP contribution in [0.25, 0.3) is 0 Å². The summed E-state index contributed by atoms with van der Waals surface area (Å²) >= 11 is 6.31. The van der Waals surface area contributed by atoms with E-state index in [4.69, 9.17) is 11.6 Å². The highest BCUT2D eigenvalue weighted by atomic mass is 35.5. The maximum Gasteiger partial charge on any atom is 0.333 e. The minimum Gasteiger partial charge on any atom is -0.368 e. The summed E-state index contributed by atoms with van der Waals surface area (Å²) in [5, 5.41) is 0.782. The normalized spacial score (nSPS) is 21.3. The van der Waals surface area contributed by atoms with Gasteiger partial charge in [-0.15, -0.1) is 24.8 Å². The summed E-state index contributed by atoms with van der Waals surface area (Å²) in [6.45, 7) is 4.97. The van der Waals surface area contributed by atoms with Crippen LogP contribution in [0.2, 0.25) is 5.02 Å². The van der Waals surface area contributed by atoms with Crippen LogP contribution in [-0.4, -0.2) is 103 Å². The lowest BCUT2D eigenvalue weighted by Gasteiger charge is -2.37. The van der Waals surface area contributed by atoms with Gasteiger partial charge in [0.2, 0.25) is 0 Å². The predicted molar refractivity (Wildman–Crippen MR) is 128 cm³/mol. The monoisotopic (exact) mass is 489 g/mol. The number of rotatable bonds is 5. The highest BCUT2D eigenvalue weighted by molar-refractivity contribution is 6.33. The van der Waals surface area contributed by atoms with E-state index in [1.165, 1.54) is 9.80 Å². The van der Waals surface area contributed by atoms with Gasteiger partial charge in [0, 0.05) is 39.8 Å². The smallest absolute Gasteiger partial charge is 0.333 e. The number of carbonyl (C=O) groups is 2. The van der Waals surface area contributed by atoms with Crippen LogP contribution in [0, 0.1) is 0 Å². The number of benzene rings is 1. The van der Waals surface area contributed by atoms with Gasteiger partial charge in [-0.1, -0.05) is 23.7 Å². The van der Waals surface area contributed by atoms with Gasteiger partial charge in [-0.25, -0.2) is 9.37 Å². The molecule has 0 spiro atoms. The van der Waals surface area contributed by atoms with E-state index in [1.807, 2.05) is 18.2 Å². The first-order chi connectivity index (χ1) is 14.0. The van der Waals surface area contributed by atoms with Gasteiger partial charge in [0.15, 0.2) is 0 Å². The van der Waals surface area contributed by atoms with Crippen molar-refractivity contribution in [3.63, 3.8) is 0 Å². The van der Waals surface area contributed by atoms with Crippen molar-refractivity contribution in [2.24, 2.45) is 4.99 Å². The third-order valence-electron chi connectivity index (χ3n) is 5.81. The molecule has 3 heterocycles. The van der Waals surface area contributed by atoms with Gasteiger partial charge in [-0.2, -0.15) is 0 Å². The van der Waals surface area contributed by atoms with Gasteiger partial charge in [0.25, 0.3) is 24.1 Å². The van der Waals surface area contributed by atoms with E-state index in [-0.39, 0.29) is 36.8 Å². The molecular formula is C20H28Cl3N6O2+. The number of anilines is 1. The van der Waals surface area contributed by atoms with E-state index in [0.717, 1.165) is 49.9 Å². The lowest BCUT2D eigenvalue weighted by atomic mass is 10.1. The SMILES string of the molecule is CN1C(=O)N(CCCN2CCN(c3ccccc3Cl)CC2)C(=O)C2C1=NC=[N+]2C.Cl.Cl. The Morgan fingerprint density at radius 1 is 1.10 bits per heavy atom. The Labute approximate surface area is 199 Å². The Balaban J connectivity index is 0.00000171. The lowest BCUT2D eigenvalue weighted by Crippen LogP contribution is -2.62. The number of hydrogen-bond donors (Lipinski definition) is 0. The standard InChI is InChI=1S/C20H26ClN6O2.2ClH/c1-23-14-22-18-17(23)19(28)27(20(29)24(18)2)9-5-8-25-10-12-26(13-11-25)16-7-4-3-6-15(16)21;;/h3-4,6-7,14,17H,5,8-13H2,1-2H3;2*1H/q+1;;. The second-order valence-electron chi connectivity index (χ2n) is 7.64. The van der Waals surface area contributed by atoms with Gasteiger partial charge in [0.1, 0.15) is 0 Å². The summed E-state index contributed by atoms with van der Waals surface area (Å²) in [6, 6.07) is 7.14. The first-order valence-corrected chi connectivity index (χ1v) is 10.3. The van der Waals surface area contributed by atoms with Crippen LogP contribution in [0.5, 0.6) is 0 Å². The Bertz CT molecular complexity index is 885. The maximum absolute atomic E-state index is 12.8. The van der Waals surface area contributed by atoms with Crippen LogP contribution in [0.15, 0.2) is 29.3 Å². The fourth-order valence-electron chi connectivity index (χ4n) is 4.12. The second kappa shape index (κ2) is 10.6. The Morgan fingerprint density at radius 3 is 2.45 bits per heavy atom. The minimum atomic E-state index is -0.489. The molecule has 170 valence electrons. The molecule has 8 nitrogen and oxygen atoms in total. The van der Waals surface area contributed by atoms with E-state index in [2.05, 4.69) is 20.9 Å². The van der Waals surface area contributed by atoms with Crippen molar-refractivity contribution in [2.45, 2.75) is 12.5 Å². The summed E-state index contributed by atoms with van der Waals surface area (Å²) in [6.07, 6.45) is 2.35. The second-order valence-corrected chi connectivity index (χ2v) is 8.04. The number of likely N-dealkylation sites (N-methyl/N-ethyl adjacent to an activating group) is 2. The average Bonchev–Trinajstić information content (AvgIpc) is 3.12. The quantitative estimate of drug-likeness (QED) is 0.593. The predicted octanol–water partition coefficient (Wildman–Crippen LogP) is 2.04. The third kappa shape index (κ3) is 4.98. The Morgan fingerprint density at radius 2 is 1.77 bits per heavy atom. The van der Waals surface area contributed by atoms with Crippen molar-refractivity contribution < 1.29 is 14.2 Å². The molecular weight excluding hydrogens is 463 g/mol. The molecule has 3 amide bonds. The van der Waals surface area contributed by atoms with E-state index >= 15 is 0 Å². The number of halogens is 3. The molecule has 0 aliphatic carbocycles. The van der Waals surface area contributed by atoms with Gasteiger partial charge < -0.3 is 4.90 Å². The van der Waals surface area contributed by atoms with Crippen molar-refractivity contribution in [1.29, 1.82) is 0 Å². The maximum atomic E-state index is 12.8. The van der Waals surface area contributed by atoms with Crippen LogP contribution in [0.3, 0.4) is 0 Å². The molecule has 1 aromatic carbocycles. The molecule has 1 unspecified atom stereocenters. The summed E-state index contributed by atoms with van der Waals surface area (Å²) in [5.74, 6) is 0.320. The highest BCUT2D eigenvalue weighted by Crippen LogP contribution is 2.26. The number of urea groups is 1. The molecule has 4 rings (SSSR count). The molecule has 11 heteroatoms. The third-order valence-corrected chi connectivity index (χ3v) is 6.13. The first-order valence-electron chi connectivity index (χ1n) is 9.91. The largest absolute Gasteiger partial charge is 0.368 e. The van der Waals surface area contributed by atoms with Crippen LogP contribution in [0.4, 0.5) is 10.5 Å². The van der Waals surface area contributed by atoms with Crippen LogP contribution in [0.1, 0.15) is 6.42 Å². The van der Waals surface area contributed by atoms with Crippen molar-refractivity contribution in [3.05, 3.63) is 29.3 Å². The van der Waals surface area contributed by atoms with Gasteiger partial charge >= 0.3 is 6.03 Å². The van der Waals surface area contributed by atoms with Crippen LogP contribution < -0.4 is 4.90 Å². The zero-order chi connectivity index (χ0) is 20.5. The summed E-state index contributed by atoms with van der Waals surface area (Å²) in [7, 11) is 3.48. The Kier molecular flexibility index (Phi) is 8.71. The summed E-state index contributed by atoms with van der Waals surface area (Å²) < 4.78 is 1.75. The number of piperazine rings is 1. The van der Waals surface area contributed by atoms with Crippen molar-refractivity contribution in [3.8, 4) is 0 Å². The van der Waals surface area contributed by atoms with Crippen molar-refractivity contribution in [1.82, 2.24) is 14.7 Å². The number of amides is 3. The Hall–Kier alpha value is -1.87. The van der Waals surface area contributed by atoms with E-state index in [1.54, 1.807) is 25.0 Å². The molecule has 0 saturated carbocycles. The first kappa shape index (κ1) is 25.4. The van der Waals surface area contributed by atoms with Crippen molar-refractivity contribution >= 4 is 66.2 Å². The zero-order valence-corrected chi connectivity index (χ0v) is 20.0. The topological polar surface area (TPSA) is 62.5 Å². The minimum absolute atomic E-state index is 0. The number of imide groups is 1. The molecule has 3 aliphatic heterocycles. The number of para-hydroxylation sites is 1. The van der Waals surface area contributed by atoms with Gasteiger partial charge in [0.05, 0.1) is 17.8 Å². The molecule has 0 bridgehead atoms. The molecule has 2 saturated heterocycles. The summed E-state index contributed by atoms with van der Waals surface area (Å²) in [5.41, 5.74) is 1.08. The van der Waals surface area contributed by atoms with Gasteiger partial charge in [-0.3, -0.25) is 19.5 Å². The summed E-state index contributed by atoms with van der Waals surface area (Å²) in [4.78, 5) is 37.1. The molecule has 3 aliphatic rings. The number of fused-ring (bicyclic) bond motifs is 1. The fourth-order valence-corrected chi connectivity index (χ4v) is 4.38. The molecule has 0 N–H and O–H groups in total. The molecule has 1 atom stereocenters. The highest BCUT2D eigenvalue weighted by Gasteiger charge is 2.50.